The van der Waals surface area contributed by atoms with Gasteiger partial charge in [-0.2, -0.15) is 0 Å². The summed E-state index contributed by atoms with van der Waals surface area (Å²) >= 11 is 0. The lowest BCUT2D eigenvalue weighted by Gasteiger charge is -2.10. The first kappa shape index (κ1) is 16.8. The lowest BCUT2D eigenvalue weighted by molar-refractivity contribution is 0.0697. The summed E-state index contributed by atoms with van der Waals surface area (Å²) in [5, 5.41) is 16.3. The van der Waals surface area contributed by atoms with Crippen LogP contribution in [-0.4, -0.2) is 32.8 Å². The number of aryl methyl sites for hydroxylation is 2. The molecule has 0 amide bonds. The second-order valence-electron chi connectivity index (χ2n) is 6.28. The SMILES string of the molecule is CNc1nc2ccc(-c3c(C)noc3C)cc2n1-c1ccc(C(=O)O)cc1. The summed E-state index contributed by atoms with van der Waals surface area (Å²) in [7, 11) is 1.80. The Morgan fingerprint density at radius 3 is 2.48 bits per heavy atom. The van der Waals surface area contributed by atoms with Crippen LogP contribution in [0, 0.1) is 13.8 Å². The van der Waals surface area contributed by atoms with Crippen LogP contribution in [0.1, 0.15) is 21.8 Å². The molecule has 0 radical (unpaired) electrons. The zero-order chi connectivity index (χ0) is 19.1. The number of carboxylic acid groups (broad SMARTS) is 1. The highest BCUT2D eigenvalue weighted by Gasteiger charge is 2.16. The molecule has 0 atom stereocenters. The summed E-state index contributed by atoms with van der Waals surface area (Å²) in [6.45, 7) is 3.80. The molecular weight excluding hydrogens is 344 g/mol. The number of imidazole rings is 1. The van der Waals surface area contributed by atoms with Crippen molar-refractivity contribution < 1.29 is 14.4 Å². The average Bonchev–Trinajstić information content (AvgIpc) is 3.20. The van der Waals surface area contributed by atoms with E-state index in [1.165, 1.54) is 0 Å². The summed E-state index contributed by atoms with van der Waals surface area (Å²) in [6, 6.07) is 12.7. The third-order valence-electron chi connectivity index (χ3n) is 4.57. The maximum atomic E-state index is 11.1. The summed E-state index contributed by atoms with van der Waals surface area (Å²) < 4.78 is 7.26. The van der Waals surface area contributed by atoms with Crippen molar-refractivity contribution in [1.82, 2.24) is 14.7 Å². The minimum Gasteiger partial charge on any atom is -0.478 e. The van der Waals surface area contributed by atoms with Crippen LogP contribution in [0.15, 0.2) is 47.0 Å². The van der Waals surface area contributed by atoms with Crippen LogP contribution in [0.25, 0.3) is 27.8 Å². The van der Waals surface area contributed by atoms with Gasteiger partial charge in [0.25, 0.3) is 0 Å². The van der Waals surface area contributed by atoms with Crippen LogP contribution < -0.4 is 5.32 Å². The zero-order valence-electron chi connectivity index (χ0n) is 15.1. The van der Waals surface area contributed by atoms with Crippen molar-refractivity contribution in [2.45, 2.75) is 13.8 Å². The number of nitrogens with one attached hydrogen (secondary N) is 1. The Bertz CT molecular complexity index is 1140. The molecule has 136 valence electrons. The maximum absolute atomic E-state index is 11.1. The Morgan fingerprint density at radius 1 is 1.15 bits per heavy atom. The average molecular weight is 362 g/mol. The molecule has 0 saturated carbocycles. The smallest absolute Gasteiger partial charge is 0.335 e. The van der Waals surface area contributed by atoms with E-state index in [2.05, 4.69) is 15.5 Å². The van der Waals surface area contributed by atoms with E-state index in [-0.39, 0.29) is 5.56 Å². The van der Waals surface area contributed by atoms with Crippen molar-refractivity contribution in [3.63, 3.8) is 0 Å². The molecule has 2 N–H and O–H groups in total. The van der Waals surface area contributed by atoms with E-state index in [0.29, 0.717) is 5.95 Å². The van der Waals surface area contributed by atoms with Gasteiger partial charge in [0.1, 0.15) is 5.76 Å². The molecule has 0 aliphatic rings. The Kier molecular flexibility index (Phi) is 3.92. The van der Waals surface area contributed by atoms with Gasteiger partial charge in [-0.05, 0) is 55.8 Å². The van der Waals surface area contributed by atoms with Crippen LogP contribution in [0.3, 0.4) is 0 Å². The van der Waals surface area contributed by atoms with Crippen molar-refractivity contribution in [2.24, 2.45) is 0 Å². The molecule has 0 aliphatic carbocycles. The third kappa shape index (κ3) is 2.73. The van der Waals surface area contributed by atoms with Crippen LogP contribution in [0.5, 0.6) is 0 Å². The van der Waals surface area contributed by atoms with E-state index >= 15 is 0 Å². The van der Waals surface area contributed by atoms with E-state index in [1.807, 2.05) is 36.6 Å². The molecule has 27 heavy (non-hydrogen) atoms. The summed E-state index contributed by atoms with van der Waals surface area (Å²) in [4.78, 5) is 15.8. The van der Waals surface area contributed by atoms with Gasteiger partial charge >= 0.3 is 5.97 Å². The Hall–Kier alpha value is -3.61. The first-order valence-corrected chi connectivity index (χ1v) is 8.47. The van der Waals surface area contributed by atoms with E-state index < -0.39 is 5.97 Å². The molecule has 0 saturated heterocycles. The molecule has 7 nitrogen and oxygen atoms in total. The van der Waals surface area contributed by atoms with Crippen molar-refractivity contribution in [3.8, 4) is 16.8 Å². The van der Waals surface area contributed by atoms with Crippen molar-refractivity contribution in [3.05, 3.63) is 59.5 Å². The van der Waals surface area contributed by atoms with Gasteiger partial charge in [0.15, 0.2) is 0 Å². The standard InChI is InChI=1S/C20H18N4O3/c1-11-18(12(2)27-23-11)14-6-9-16-17(10-14)24(20(21-3)22-16)15-7-4-13(5-8-15)19(25)26/h4-10H,1-3H3,(H,21,22)(H,25,26). The molecule has 4 aromatic rings. The van der Waals surface area contributed by atoms with Gasteiger partial charge < -0.3 is 14.9 Å². The van der Waals surface area contributed by atoms with Gasteiger partial charge in [0.2, 0.25) is 5.95 Å². The van der Waals surface area contributed by atoms with Crippen LogP contribution >= 0.6 is 0 Å². The molecule has 7 heteroatoms. The molecule has 2 aromatic heterocycles. The van der Waals surface area contributed by atoms with Gasteiger partial charge in [0.05, 0.1) is 22.3 Å². The molecule has 0 aliphatic heterocycles. The fourth-order valence-electron chi connectivity index (χ4n) is 3.31. The number of benzene rings is 2. The second-order valence-corrected chi connectivity index (χ2v) is 6.28. The van der Waals surface area contributed by atoms with Crippen LogP contribution in [-0.2, 0) is 0 Å². The molecule has 0 fully saturated rings. The highest BCUT2D eigenvalue weighted by Crippen LogP contribution is 2.32. The minimum absolute atomic E-state index is 0.241. The van der Waals surface area contributed by atoms with E-state index in [0.717, 1.165) is 39.3 Å². The first-order chi connectivity index (χ1) is 13.0. The minimum atomic E-state index is -0.952. The quantitative estimate of drug-likeness (QED) is 0.569. The summed E-state index contributed by atoms with van der Waals surface area (Å²) in [5.41, 5.74) is 5.59. The number of nitrogens with zero attached hydrogens (tertiary/aromatic N) is 3. The number of anilines is 1. The number of hydrogen-bond donors (Lipinski definition) is 2. The molecule has 0 bridgehead atoms. The molecule has 4 rings (SSSR count). The van der Waals surface area contributed by atoms with E-state index in [1.54, 1.807) is 31.3 Å². The first-order valence-electron chi connectivity index (χ1n) is 8.47. The number of hydrogen-bond acceptors (Lipinski definition) is 5. The van der Waals surface area contributed by atoms with E-state index in [9.17, 15) is 4.79 Å². The fourth-order valence-corrected chi connectivity index (χ4v) is 3.31. The van der Waals surface area contributed by atoms with Gasteiger partial charge in [-0.1, -0.05) is 11.2 Å². The Morgan fingerprint density at radius 2 is 1.89 bits per heavy atom. The number of carboxylic acids is 1. The normalized spacial score (nSPS) is 11.1. The maximum Gasteiger partial charge on any atom is 0.335 e. The molecular formula is C20H18N4O3. The second kappa shape index (κ2) is 6.28. The molecule has 0 spiro atoms. The number of rotatable bonds is 4. The monoisotopic (exact) mass is 362 g/mol. The lowest BCUT2D eigenvalue weighted by atomic mass is 10.0. The predicted molar refractivity (Wildman–Crippen MR) is 103 cm³/mol. The van der Waals surface area contributed by atoms with Gasteiger partial charge in [-0.25, -0.2) is 9.78 Å². The van der Waals surface area contributed by atoms with Crippen molar-refractivity contribution >= 4 is 23.0 Å². The highest BCUT2D eigenvalue weighted by molar-refractivity contribution is 5.89. The molecule has 2 aromatic carbocycles. The van der Waals surface area contributed by atoms with Crippen molar-refractivity contribution in [2.75, 3.05) is 12.4 Å². The van der Waals surface area contributed by atoms with Crippen LogP contribution in [0.2, 0.25) is 0 Å². The van der Waals surface area contributed by atoms with Gasteiger partial charge in [-0.15, -0.1) is 0 Å². The fraction of sp³-hybridized carbons (Fsp3) is 0.150. The number of aromatic carboxylic acids is 1. The summed E-state index contributed by atoms with van der Waals surface area (Å²) in [6.07, 6.45) is 0. The molecule has 0 unspecified atom stereocenters. The number of carbonyl (C=O) groups is 1. The third-order valence-corrected chi connectivity index (χ3v) is 4.57. The zero-order valence-corrected chi connectivity index (χ0v) is 15.1. The lowest BCUT2D eigenvalue weighted by Crippen LogP contribution is -2.02. The molecule has 2 heterocycles. The van der Waals surface area contributed by atoms with Crippen LogP contribution in [0.4, 0.5) is 5.95 Å². The largest absolute Gasteiger partial charge is 0.478 e. The Balaban J connectivity index is 1.93. The van der Waals surface area contributed by atoms with E-state index in [4.69, 9.17) is 9.63 Å². The highest BCUT2D eigenvalue weighted by atomic mass is 16.5. The van der Waals surface area contributed by atoms with Gasteiger partial charge in [0, 0.05) is 18.3 Å². The van der Waals surface area contributed by atoms with Gasteiger partial charge in [-0.3, -0.25) is 4.57 Å². The number of aromatic nitrogens is 3. The summed E-state index contributed by atoms with van der Waals surface area (Å²) in [5.74, 6) is 0.480. The number of fused-ring (bicyclic) bond motifs is 1. The van der Waals surface area contributed by atoms with Crippen molar-refractivity contribution in [1.29, 1.82) is 0 Å². The Labute approximate surface area is 155 Å². The predicted octanol–water partition coefficient (Wildman–Crippen LogP) is 4.04. The topological polar surface area (TPSA) is 93.2 Å².